The quantitative estimate of drug-likeness (QED) is 0.657. The van der Waals surface area contributed by atoms with Crippen molar-refractivity contribution in [1.82, 2.24) is 0 Å². The monoisotopic (exact) mass is 196 g/mol. The molecule has 2 aliphatic rings. The molecule has 2 fully saturated rings. The summed E-state index contributed by atoms with van der Waals surface area (Å²) in [4.78, 5) is 0. The molecule has 0 heterocycles. The molecule has 0 aromatic carbocycles. The van der Waals surface area contributed by atoms with Crippen molar-refractivity contribution >= 4 is 0 Å². The average molecular weight is 196 g/mol. The summed E-state index contributed by atoms with van der Waals surface area (Å²) in [5, 5.41) is 0. The molecular weight excluding hydrogens is 172 g/mol. The Morgan fingerprint density at radius 3 is 2.57 bits per heavy atom. The first-order valence-corrected chi connectivity index (χ1v) is 6.28. The number of ether oxygens (including phenoxy) is 1. The predicted molar refractivity (Wildman–Crippen MR) is 59.2 cm³/mol. The first-order chi connectivity index (χ1) is 6.79. The van der Waals surface area contributed by atoms with E-state index in [4.69, 9.17) is 4.74 Å². The van der Waals surface area contributed by atoms with Gasteiger partial charge in [-0.15, -0.1) is 0 Å². The van der Waals surface area contributed by atoms with Crippen LogP contribution in [0.4, 0.5) is 0 Å². The van der Waals surface area contributed by atoms with Crippen molar-refractivity contribution in [3.63, 3.8) is 0 Å². The van der Waals surface area contributed by atoms with Gasteiger partial charge in [0, 0.05) is 13.7 Å². The van der Waals surface area contributed by atoms with Crippen LogP contribution in [0, 0.1) is 23.7 Å². The Balaban J connectivity index is 1.86. The fourth-order valence-electron chi connectivity index (χ4n) is 3.61. The molecule has 1 heteroatoms. The Bertz CT molecular complexity index is 178. The van der Waals surface area contributed by atoms with Crippen LogP contribution in [0.3, 0.4) is 0 Å². The van der Waals surface area contributed by atoms with Crippen LogP contribution in [0.25, 0.3) is 0 Å². The van der Waals surface area contributed by atoms with Crippen molar-refractivity contribution in [2.45, 2.75) is 45.4 Å². The van der Waals surface area contributed by atoms with E-state index < -0.39 is 0 Å². The molecule has 0 bridgehead atoms. The SMILES string of the molecule is COCC1CCC2CC[C@@H](C)CC2C1. The zero-order chi connectivity index (χ0) is 9.97. The van der Waals surface area contributed by atoms with Crippen molar-refractivity contribution in [3.8, 4) is 0 Å². The van der Waals surface area contributed by atoms with E-state index in [1.165, 1.54) is 38.5 Å². The number of hydrogen-bond donors (Lipinski definition) is 0. The van der Waals surface area contributed by atoms with E-state index in [0.29, 0.717) is 0 Å². The lowest BCUT2D eigenvalue weighted by molar-refractivity contribution is 0.0587. The molecule has 1 nitrogen and oxygen atoms in total. The number of rotatable bonds is 2. The van der Waals surface area contributed by atoms with Crippen molar-refractivity contribution in [1.29, 1.82) is 0 Å². The second kappa shape index (κ2) is 4.65. The molecule has 4 atom stereocenters. The molecule has 0 saturated heterocycles. The van der Waals surface area contributed by atoms with Crippen molar-refractivity contribution in [2.75, 3.05) is 13.7 Å². The minimum absolute atomic E-state index is 0.867. The Kier molecular flexibility index (Phi) is 3.48. The molecule has 3 unspecified atom stereocenters. The largest absolute Gasteiger partial charge is 0.384 e. The molecule has 2 aliphatic carbocycles. The summed E-state index contributed by atoms with van der Waals surface area (Å²) in [5.74, 6) is 3.95. The van der Waals surface area contributed by atoms with Crippen LogP contribution in [0.15, 0.2) is 0 Å². The highest BCUT2D eigenvalue weighted by Crippen LogP contribution is 2.44. The fraction of sp³-hybridized carbons (Fsp3) is 1.00. The van der Waals surface area contributed by atoms with E-state index in [0.717, 1.165) is 30.3 Å². The van der Waals surface area contributed by atoms with Gasteiger partial charge in [0.1, 0.15) is 0 Å². The topological polar surface area (TPSA) is 9.23 Å². The normalized spacial score (nSPS) is 43.3. The maximum absolute atomic E-state index is 5.29. The Morgan fingerprint density at radius 1 is 1.00 bits per heavy atom. The van der Waals surface area contributed by atoms with Crippen LogP contribution in [0.2, 0.25) is 0 Å². The first kappa shape index (κ1) is 10.5. The van der Waals surface area contributed by atoms with E-state index in [9.17, 15) is 0 Å². The summed E-state index contributed by atoms with van der Waals surface area (Å²) in [6, 6.07) is 0. The molecule has 82 valence electrons. The van der Waals surface area contributed by atoms with E-state index in [1.54, 1.807) is 0 Å². The maximum atomic E-state index is 5.29. The summed E-state index contributed by atoms with van der Waals surface area (Å²) in [6.07, 6.45) is 8.82. The van der Waals surface area contributed by atoms with Gasteiger partial charge in [0.05, 0.1) is 0 Å². The molecule has 0 radical (unpaired) electrons. The highest BCUT2D eigenvalue weighted by Gasteiger charge is 2.34. The molecule has 0 aliphatic heterocycles. The highest BCUT2D eigenvalue weighted by atomic mass is 16.5. The predicted octanol–water partition coefficient (Wildman–Crippen LogP) is 3.49. The van der Waals surface area contributed by atoms with Gasteiger partial charge in [0.15, 0.2) is 0 Å². The lowest BCUT2D eigenvalue weighted by Gasteiger charge is -2.41. The van der Waals surface area contributed by atoms with Crippen LogP contribution in [0.1, 0.15) is 45.4 Å². The smallest absolute Gasteiger partial charge is 0.0490 e. The minimum atomic E-state index is 0.867. The molecule has 0 N–H and O–H groups in total. The van der Waals surface area contributed by atoms with Gasteiger partial charge in [-0.1, -0.05) is 13.3 Å². The molecule has 2 saturated carbocycles. The van der Waals surface area contributed by atoms with Gasteiger partial charge < -0.3 is 4.74 Å². The lowest BCUT2D eigenvalue weighted by Crippen LogP contribution is -2.31. The molecule has 0 aromatic heterocycles. The van der Waals surface area contributed by atoms with Crippen molar-refractivity contribution < 1.29 is 4.74 Å². The van der Waals surface area contributed by atoms with Crippen LogP contribution in [-0.2, 0) is 4.74 Å². The fourth-order valence-corrected chi connectivity index (χ4v) is 3.61. The van der Waals surface area contributed by atoms with Crippen LogP contribution >= 0.6 is 0 Å². The average Bonchev–Trinajstić information content (AvgIpc) is 2.17. The third-order valence-corrected chi connectivity index (χ3v) is 4.39. The second-order valence-electron chi connectivity index (χ2n) is 5.57. The van der Waals surface area contributed by atoms with Gasteiger partial charge in [-0.2, -0.15) is 0 Å². The Labute approximate surface area is 88.2 Å². The van der Waals surface area contributed by atoms with Gasteiger partial charge in [-0.25, -0.2) is 0 Å². The Hall–Kier alpha value is -0.0400. The van der Waals surface area contributed by atoms with E-state index in [-0.39, 0.29) is 0 Å². The summed E-state index contributed by atoms with van der Waals surface area (Å²) >= 11 is 0. The van der Waals surface area contributed by atoms with Crippen molar-refractivity contribution in [3.05, 3.63) is 0 Å². The van der Waals surface area contributed by atoms with Crippen LogP contribution in [0.5, 0.6) is 0 Å². The Morgan fingerprint density at radius 2 is 1.79 bits per heavy atom. The molecule has 14 heavy (non-hydrogen) atoms. The van der Waals surface area contributed by atoms with E-state index in [1.807, 2.05) is 7.11 Å². The van der Waals surface area contributed by atoms with Gasteiger partial charge in [0.25, 0.3) is 0 Å². The standard InChI is InChI=1S/C13H24O/c1-10-3-5-12-6-4-11(9-14-2)8-13(12)7-10/h10-13H,3-9H2,1-2H3/t10-,11?,12?,13?/m1/s1. The second-order valence-corrected chi connectivity index (χ2v) is 5.57. The van der Waals surface area contributed by atoms with Crippen LogP contribution < -0.4 is 0 Å². The van der Waals surface area contributed by atoms with E-state index in [2.05, 4.69) is 6.92 Å². The first-order valence-electron chi connectivity index (χ1n) is 6.28. The van der Waals surface area contributed by atoms with Gasteiger partial charge in [0.2, 0.25) is 0 Å². The number of methoxy groups -OCH3 is 1. The maximum Gasteiger partial charge on any atom is 0.0490 e. The lowest BCUT2D eigenvalue weighted by atomic mass is 9.65. The van der Waals surface area contributed by atoms with Gasteiger partial charge >= 0.3 is 0 Å². The van der Waals surface area contributed by atoms with Crippen LogP contribution in [-0.4, -0.2) is 13.7 Å². The van der Waals surface area contributed by atoms with E-state index >= 15 is 0 Å². The molecular formula is C13H24O. The summed E-state index contributed by atoms with van der Waals surface area (Å²) < 4.78 is 5.29. The van der Waals surface area contributed by atoms with Gasteiger partial charge in [-0.3, -0.25) is 0 Å². The molecule has 0 spiro atoms. The summed E-state index contributed by atoms with van der Waals surface area (Å²) in [5.41, 5.74) is 0. The summed E-state index contributed by atoms with van der Waals surface area (Å²) in [7, 11) is 1.84. The zero-order valence-corrected chi connectivity index (χ0v) is 9.67. The minimum Gasteiger partial charge on any atom is -0.384 e. The third-order valence-electron chi connectivity index (χ3n) is 4.39. The zero-order valence-electron chi connectivity index (χ0n) is 9.67. The number of fused-ring (bicyclic) bond motifs is 1. The summed E-state index contributed by atoms with van der Waals surface area (Å²) in [6.45, 7) is 3.42. The molecule has 2 rings (SSSR count). The van der Waals surface area contributed by atoms with Crippen molar-refractivity contribution in [2.24, 2.45) is 23.7 Å². The molecule has 0 amide bonds. The third kappa shape index (κ3) is 2.31. The number of hydrogen-bond acceptors (Lipinski definition) is 1. The molecule has 0 aromatic rings. The highest BCUT2D eigenvalue weighted by molar-refractivity contribution is 4.84. The van der Waals surface area contributed by atoms with Gasteiger partial charge in [-0.05, 0) is 55.8 Å².